The average molecular weight is 494 g/mol. The summed E-state index contributed by atoms with van der Waals surface area (Å²) < 4.78 is 27.6. The predicted molar refractivity (Wildman–Crippen MR) is 140 cm³/mol. The van der Waals surface area contributed by atoms with Crippen molar-refractivity contribution >= 4 is 32.5 Å². The molecule has 1 aromatic carbocycles. The highest BCUT2D eigenvalue weighted by atomic mass is 32.2. The summed E-state index contributed by atoms with van der Waals surface area (Å²) in [6.45, 7) is 8.10. The lowest BCUT2D eigenvalue weighted by Crippen LogP contribution is -2.36. The second-order valence-corrected chi connectivity index (χ2v) is 13.5. The van der Waals surface area contributed by atoms with Crippen molar-refractivity contribution in [2.24, 2.45) is 11.3 Å². The Kier molecular flexibility index (Phi) is 6.92. The predicted octanol–water partition coefficient (Wildman–Crippen LogP) is 5.75. The number of rotatable bonds is 8. The molecule has 1 aliphatic carbocycles. The standard InChI is InChI=1S/C27H35N5O2S/c1-6-26(2,3)19-27(4,5)35(33,34)23-14-12-22(13-15-23)30-25-28-16-21-17-29-32(24(21)31-25)18-20-10-8-7-9-11-20/h1,12-17,20H,7-11,18-19H2,2-5H3,(H,28,30,31). The molecule has 3 aromatic rings. The largest absolute Gasteiger partial charge is 0.324 e. The molecule has 4 rings (SSSR count). The molecule has 0 bridgehead atoms. The topological polar surface area (TPSA) is 89.8 Å². The Balaban J connectivity index is 1.51. The van der Waals surface area contributed by atoms with Crippen molar-refractivity contribution in [1.29, 1.82) is 0 Å². The van der Waals surface area contributed by atoms with Crippen molar-refractivity contribution in [3.8, 4) is 12.3 Å². The van der Waals surface area contributed by atoms with Gasteiger partial charge in [-0.3, -0.25) is 0 Å². The SMILES string of the molecule is C#CC(C)(C)CC(C)(C)S(=O)(=O)c1ccc(Nc2ncc3cnn(CC4CCCCC4)c3n2)cc1. The number of hydrogen-bond donors (Lipinski definition) is 1. The zero-order chi connectivity index (χ0) is 25.3. The van der Waals surface area contributed by atoms with E-state index in [0.717, 1.165) is 17.6 Å². The first kappa shape index (κ1) is 25.2. The molecule has 8 heteroatoms. The van der Waals surface area contributed by atoms with Crippen LogP contribution >= 0.6 is 0 Å². The highest BCUT2D eigenvalue weighted by Gasteiger charge is 2.39. The highest BCUT2D eigenvalue weighted by Crippen LogP contribution is 2.36. The van der Waals surface area contributed by atoms with E-state index in [2.05, 4.69) is 21.3 Å². The molecule has 0 radical (unpaired) electrons. The van der Waals surface area contributed by atoms with Crippen LogP contribution in [0.5, 0.6) is 0 Å². The molecule has 1 fully saturated rings. The molecule has 0 spiro atoms. The summed E-state index contributed by atoms with van der Waals surface area (Å²) in [6, 6.07) is 6.71. The molecule has 1 aliphatic rings. The Bertz CT molecular complexity index is 1330. The molecule has 0 aliphatic heterocycles. The Morgan fingerprint density at radius 1 is 1.09 bits per heavy atom. The van der Waals surface area contributed by atoms with Crippen molar-refractivity contribution < 1.29 is 8.42 Å². The summed E-state index contributed by atoms with van der Waals surface area (Å²) in [4.78, 5) is 9.37. The zero-order valence-electron chi connectivity index (χ0n) is 21.1. The molecule has 2 aromatic heterocycles. The van der Waals surface area contributed by atoms with Gasteiger partial charge in [0.2, 0.25) is 5.95 Å². The van der Waals surface area contributed by atoms with Crippen molar-refractivity contribution in [1.82, 2.24) is 19.7 Å². The Hall–Kier alpha value is -2.92. The Labute approximate surface area is 208 Å². The monoisotopic (exact) mass is 493 g/mol. The highest BCUT2D eigenvalue weighted by molar-refractivity contribution is 7.92. The van der Waals surface area contributed by atoms with Gasteiger partial charge in [0.05, 0.1) is 21.2 Å². The third-order valence-electron chi connectivity index (χ3n) is 6.94. The number of aromatic nitrogens is 4. The van der Waals surface area contributed by atoms with Crippen LogP contribution in [0, 0.1) is 23.7 Å². The lowest BCUT2D eigenvalue weighted by molar-refractivity contribution is 0.311. The van der Waals surface area contributed by atoms with E-state index in [9.17, 15) is 8.42 Å². The number of hydrogen-bond acceptors (Lipinski definition) is 6. The molecule has 0 amide bonds. The summed E-state index contributed by atoms with van der Waals surface area (Å²) in [5.74, 6) is 3.80. The van der Waals surface area contributed by atoms with Gasteiger partial charge in [0.25, 0.3) is 0 Å². The van der Waals surface area contributed by atoms with E-state index in [-0.39, 0.29) is 4.90 Å². The maximum absolute atomic E-state index is 13.3. The summed E-state index contributed by atoms with van der Waals surface area (Å²) in [5.41, 5.74) is 1.01. The first-order valence-corrected chi connectivity index (χ1v) is 13.8. The van der Waals surface area contributed by atoms with Crippen LogP contribution in [0.25, 0.3) is 11.0 Å². The fourth-order valence-corrected chi connectivity index (χ4v) is 6.73. The quantitative estimate of drug-likeness (QED) is 0.402. The molecular formula is C27H35N5O2S. The number of sulfone groups is 1. The van der Waals surface area contributed by atoms with Gasteiger partial charge in [-0.1, -0.05) is 19.3 Å². The zero-order valence-corrected chi connectivity index (χ0v) is 21.9. The van der Waals surface area contributed by atoms with Crippen molar-refractivity contribution in [3.63, 3.8) is 0 Å². The third-order valence-corrected chi connectivity index (χ3v) is 9.43. The normalized spacial score (nSPS) is 15.7. The minimum absolute atomic E-state index is 0.266. The van der Waals surface area contributed by atoms with Crippen molar-refractivity contribution in [2.45, 2.75) is 82.4 Å². The van der Waals surface area contributed by atoms with Crippen molar-refractivity contribution in [3.05, 3.63) is 36.7 Å². The number of nitrogens with one attached hydrogen (secondary N) is 1. The van der Waals surface area contributed by atoms with Gasteiger partial charge in [0, 0.05) is 23.8 Å². The van der Waals surface area contributed by atoms with Gasteiger partial charge < -0.3 is 5.32 Å². The van der Waals surface area contributed by atoms with E-state index >= 15 is 0 Å². The van der Waals surface area contributed by atoms with Gasteiger partial charge in [-0.25, -0.2) is 18.1 Å². The summed E-state index contributed by atoms with van der Waals surface area (Å²) in [7, 11) is -3.58. The van der Waals surface area contributed by atoms with Crippen LogP contribution in [0.3, 0.4) is 0 Å². The summed E-state index contributed by atoms with van der Waals surface area (Å²) in [6.07, 6.45) is 15.9. The van der Waals surface area contributed by atoms with Gasteiger partial charge in [-0.15, -0.1) is 12.3 Å². The van der Waals surface area contributed by atoms with E-state index in [1.54, 1.807) is 44.3 Å². The van der Waals surface area contributed by atoms with E-state index in [0.29, 0.717) is 24.0 Å². The van der Waals surface area contributed by atoms with Gasteiger partial charge in [-0.05, 0) is 77.1 Å². The molecule has 1 N–H and O–H groups in total. The van der Waals surface area contributed by atoms with Crippen LogP contribution in [-0.4, -0.2) is 32.9 Å². The fraction of sp³-hybridized carbons (Fsp3) is 0.519. The summed E-state index contributed by atoms with van der Waals surface area (Å²) >= 11 is 0. The maximum atomic E-state index is 13.3. The molecule has 0 atom stereocenters. The van der Waals surface area contributed by atoms with Gasteiger partial charge in [0.15, 0.2) is 15.5 Å². The van der Waals surface area contributed by atoms with E-state index in [4.69, 9.17) is 11.4 Å². The third kappa shape index (κ3) is 5.51. The van der Waals surface area contributed by atoms with Crippen LogP contribution in [0.15, 0.2) is 41.6 Å². The number of terminal acetylenes is 1. The van der Waals surface area contributed by atoms with Crippen LogP contribution in [0.1, 0.15) is 66.2 Å². The second kappa shape index (κ2) is 9.62. The van der Waals surface area contributed by atoms with Crippen LogP contribution in [0.2, 0.25) is 0 Å². The lowest BCUT2D eigenvalue weighted by atomic mass is 9.84. The lowest BCUT2D eigenvalue weighted by Gasteiger charge is -2.31. The number of benzene rings is 1. The Morgan fingerprint density at radius 3 is 2.43 bits per heavy atom. The van der Waals surface area contributed by atoms with Crippen LogP contribution < -0.4 is 5.32 Å². The number of anilines is 2. The molecule has 0 saturated heterocycles. The molecular weight excluding hydrogens is 458 g/mol. The minimum atomic E-state index is -3.58. The van der Waals surface area contributed by atoms with E-state index in [1.165, 1.54) is 32.1 Å². The molecule has 2 heterocycles. The molecule has 186 valence electrons. The molecule has 1 saturated carbocycles. The molecule has 0 unspecified atom stereocenters. The second-order valence-electron chi connectivity index (χ2n) is 10.9. The van der Waals surface area contributed by atoms with Crippen LogP contribution in [0.4, 0.5) is 11.6 Å². The summed E-state index contributed by atoms with van der Waals surface area (Å²) in [5, 5.41) is 8.64. The van der Waals surface area contributed by atoms with Gasteiger partial charge in [0.1, 0.15) is 0 Å². The van der Waals surface area contributed by atoms with Crippen LogP contribution in [-0.2, 0) is 16.4 Å². The molecule has 7 nitrogen and oxygen atoms in total. The van der Waals surface area contributed by atoms with Crippen molar-refractivity contribution in [2.75, 3.05) is 5.32 Å². The first-order chi connectivity index (χ1) is 16.5. The molecule has 35 heavy (non-hydrogen) atoms. The maximum Gasteiger partial charge on any atom is 0.229 e. The average Bonchev–Trinajstić information content (AvgIpc) is 3.21. The van der Waals surface area contributed by atoms with Gasteiger partial charge in [-0.2, -0.15) is 10.1 Å². The minimum Gasteiger partial charge on any atom is -0.324 e. The fourth-order valence-electron chi connectivity index (χ4n) is 5.05. The van der Waals surface area contributed by atoms with Gasteiger partial charge >= 0.3 is 0 Å². The number of nitrogens with zero attached hydrogens (tertiary/aromatic N) is 4. The Morgan fingerprint density at radius 2 is 1.77 bits per heavy atom. The van der Waals surface area contributed by atoms with E-state index < -0.39 is 20.0 Å². The first-order valence-electron chi connectivity index (χ1n) is 12.3. The number of fused-ring (bicyclic) bond motifs is 1. The smallest absolute Gasteiger partial charge is 0.229 e. The van der Waals surface area contributed by atoms with E-state index in [1.807, 2.05) is 24.7 Å².